The van der Waals surface area contributed by atoms with Crippen molar-refractivity contribution in [3.8, 4) is 0 Å². The predicted molar refractivity (Wildman–Crippen MR) is 113 cm³/mol. The van der Waals surface area contributed by atoms with Crippen LogP contribution >= 0.6 is 24.0 Å². The second-order valence-electron chi connectivity index (χ2n) is 5.77. The van der Waals surface area contributed by atoms with E-state index < -0.39 is 4.92 Å². The molecule has 0 saturated carbocycles. The zero-order valence-corrected chi connectivity index (χ0v) is 17.9. The predicted octanol–water partition coefficient (Wildman–Crippen LogP) is 2.45. The number of hydrogen-bond donors (Lipinski definition) is 1. The molecule has 0 unspecified atom stereocenters. The van der Waals surface area contributed by atoms with Gasteiger partial charge in [0.2, 0.25) is 0 Å². The van der Waals surface area contributed by atoms with E-state index in [1.54, 1.807) is 24.0 Å². The van der Waals surface area contributed by atoms with Gasteiger partial charge in [0.15, 0.2) is 5.96 Å². The van der Waals surface area contributed by atoms with Gasteiger partial charge in [-0.15, -0.1) is 24.0 Å². The average molecular weight is 491 g/mol. The van der Waals surface area contributed by atoms with E-state index in [9.17, 15) is 14.9 Å². The topological polar surface area (TPSA) is 100 Å². The van der Waals surface area contributed by atoms with Gasteiger partial charge in [0.05, 0.1) is 18.1 Å². The molecular weight excluding hydrogens is 465 g/mol. The largest absolute Gasteiger partial charge is 0.450 e. The van der Waals surface area contributed by atoms with Gasteiger partial charge in [0.25, 0.3) is 5.69 Å². The highest BCUT2D eigenvalue weighted by molar-refractivity contribution is 14.0. The molecule has 1 saturated heterocycles. The number of nitrogens with one attached hydrogen (secondary N) is 1. The maximum atomic E-state index is 11.8. The van der Waals surface area contributed by atoms with Gasteiger partial charge in [0.1, 0.15) is 0 Å². The van der Waals surface area contributed by atoms with Crippen molar-refractivity contribution in [1.29, 1.82) is 0 Å². The number of halogens is 1. The van der Waals surface area contributed by atoms with Crippen molar-refractivity contribution in [2.45, 2.75) is 20.4 Å². The Morgan fingerprint density at radius 3 is 2.30 bits per heavy atom. The zero-order valence-electron chi connectivity index (χ0n) is 15.6. The van der Waals surface area contributed by atoms with Crippen molar-refractivity contribution in [2.75, 3.05) is 39.3 Å². The first-order valence-electron chi connectivity index (χ1n) is 8.73. The number of carbonyl (C=O) groups is 1. The lowest BCUT2D eigenvalue weighted by molar-refractivity contribution is -0.384. The van der Waals surface area contributed by atoms with E-state index in [1.807, 2.05) is 6.92 Å². The van der Waals surface area contributed by atoms with Crippen LogP contribution < -0.4 is 5.32 Å². The second kappa shape index (κ2) is 11.6. The Hall–Kier alpha value is -2.11. The van der Waals surface area contributed by atoms with Crippen molar-refractivity contribution >= 4 is 41.7 Å². The Balaban J connectivity index is 0.00000364. The minimum Gasteiger partial charge on any atom is -0.450 e. The lowest BCUT2D eigenvalue weighted by Gasteiger charge is -2.35. The summed E-state index contributed by atoms with van der Waals surface area (Å²) in [5.74, 6) is 0.773. The average Bonchev–Trinajstić information content (AvgIpc) is 2.66. The first-order valence-corrected chi connectivity index (χ1v) is 8.73. The molecular formula is C17H26IN5O4. The lowest BCUT2D eigenvalue weighted by atomic mass is 10.2. The third-order valence-corrected chi connectivity index (χ3v) is 4.00. The number of carbonyl (C=O) groups excluding carboxylic acids is 1. The molecule has 1 aromatic carbocycles. The minimum absolute atomic E-state index is 0. The molecule has 0 aliphatic carbocycles. The van der Waals surface area contributed by atoms with Crippen LogP contribution in [0.15, 0.2) is 29.3 Å². The van der Waals surface area contributed by atoms with E-state index in [2.05, 4.69) is 15.2 Å². The van der Waals surface area contributed by atoms with Crippen molar-refractivity contribution in [3.05, 3.63) is 39.9 Å². The van der Waals surface area contributed by atoms with Crippen LogP contribution in [0.3, 0.4) is 0 Å². The second-order valence-corrected chi connectivity index (χ2v) is 5.77. The molecule has 1 N–H and O–H groups in total. The van der Waals surface area contributed by atoms with Crippen LogP contribution in [0.1, 0.15) is 19.4 Å². The molecule has 0 radical (unpaired) electrons. The summed E-state index contributed by atoms with van der Waals surface area (Å²) in [5.41, 5.74) is 0.968. The lowest BCUT2D eigenvalue weighted by Crippen LogP contribution is -2.53. The highest BCUT2D eigenvalue weighted by atomic mass is 127. The van der Waals surface area contributed by atoms with E-state index >= 15 is 0 Å². The van der Waals surface area contributed by atoms with Crippen LogP contribution in [-0.2, 0) is 11.3 Å². The zero-order chi connectivity index (χ0) is 18.9. The quantitative estimate of drug-likeness (QED) is 0.223. The molecule has 9 nitrogen and oxygen atoms in total. The van der Waals surface area contributed by atoms with Crippen LogP contribution in [0.2, 0.25) is 0 Å². The molecule has 27 heavy (non-hydrogen) atoms. The van der Waals surface area contributed by atoms with Gasteiger partial charge in [-0.05, 0) is 19.4 Å². The van der Waals surface area contributed by atoms with Crippen molar-refractivity contribution in [1.82, 2.24) is 15.1 Å². The number of piperazine rings is 1. The number of rotatable bonds is 5. The Morgan fingerprint density at radius 2 is 1.78 bits per heavy atom. The standard InChI is InChI=1S/C17H25N5O4.HI/c1-3-18-16(19-13-14-5-7-15(8-6-14)22(24)25)20-9-11-21(12-10-20)17(23)26-4-2;/h5-8H,3-4,9-13H2,1-2H3,(H,18,19);1H. The Kier molecular flexibility index (Phi) is 9.83. The maximum absolute atomic E-state index is 11.8. The molecule has 0 spiro atoms. The highest BCUT2D eigenvalue weighted by Gasteiger charge is 2.23. The smallest absolute Gasteiger partial charge is 0.409 e. The summed E-state index contributed by atoms with van der Waals surface area (Å²) in [4.78, 5) is 30.5. The van der Waals surface area contributed by atoms with E-state index in [4.69, 9.17) is 4.74 Å². The summed E-state index contributed by atoms with van der Waals surface area (Å²) in [6, 6.07) is 6.39. The fourth-order valence-corrected chi connectivity index (χ4v) is 2.63. The molecule has 150 valence electrons. The number of nitrogens with zero attached hydrogens (tertiary/aromatic N) is 4. The van der Waals surface area contributed by atoms with Crippen LogP contribution in [0, 0.1) is 10.1 Å². The molecule has 10 heteroatoms. The molecule has 2 rings (SSSR count). The molecule has 1 aliphatic rings. The third-order valence-electron chi connectivity index (χ3n) is 4.00. The van der Waals surface area contributed by atoms with Gasteiger partial charge >= 0.3 is 6.09 Å². The third kappa shape index (κ3) is 6.85. The molecule has 1 aromatic rings. The fraction of sp³-hybridized carbons (Fsp3) is 0.529. The van der Waals surface area contributed by atoms with Gasteiger partial charge in [-0.1, -0.05) is 12.1 Å². The van der Waals surface area contributed by atoms with Crippen LogP contribution in [0.4, 0.5) is 10.5 Å². The normalized spacial score (nSPS) is 14.4. The number of aliphatic imine (C=N–C) groups is 1. The van der Waals surface area contributed by atoms with E-state index in [0.717, 1.165) is 18.1 Å². The summed E-state index contributed by atoms with van der Waals surface area (Å²) in [6.07, 6.45) is -0.278. The van der Waals surface area contributed by atoms with Crippen LogP contribution in [-0.4, -0.2) is 66.1 Å². The number of benzene rings is 1. The van der Waals surface area contributed by atoms with E-state index in [1.165, 1.54) is 12.1 Å². The first-order chi connectivity index (χ1) is 12.5. The SMILES string of the molecule is CCNC(=NCc1ccc([N+](=O)[O-])cc1)N1CCN(C(=O)OCC)CC1.I. The summed E-state index contributed by atoms with van der Waals surface area (Å²) < 4.78 is 5.03. The summed E-state index contributed by atoms with van der Waals surface area (Å²) in [5, 5.41) is 14.0. The summed E-state index contributed by atoms with van der Waals surface area (Å²) >= 11 is 0. The number of non-ortho nitro benzene ring substituents is 1. The first kappa shape index (κ1) is 22.9. The number of guanidine groups is 1. The Morgan fingerprint density at radius 1 is 1.19 bits per heavy atom. The number of amides is 1. The van der Waals surface area contributed by atoms with Crippen molar-refractivity contribution in [2.24, 2.45) is 4.99 Å². The van der Waals surface area contributed by atoms with Crippen molar-refractivity contribution in [3.63, 3.8) is 0 Å². The monoisotopic (exact) mass is 491 g/mol. The van der Waals surface area contributed by atoms with Crippen LogP contribution in [0.5, 0.6) is 0 Å². The Bertz CT molecular complexity index is 645. The number of nitro benzene ring substituents is 1. The molecule has 0 bridgehead atoms. The van der Waals surface area contributed by atoms with Gasteiger partial charge in [-0.2, -0.15) is 0 Å². The van der Waals surface area contributed by atoms with Gasteiger partial charge in [0, 0.05) is 44.9 Å². The van der Waals surface area contributed by atoms with Gasteiger partial charge in [-0.25, -0.2) is 9.79 Å². The molecule has 0 aromatic heterocycles. The fourth-order valence-electron chi connectivity index (χ4n) is 2.63. The van der Waals surface area contributed by atoms with Crippen molar-refractivity contribution < 1.29 is 14.5 Å². The number of ether oxygens (including phenoxy) is 1. The molecule has 1 fully saturated rings. The van der Waals surface area contributed by atoms with E-state index in [0.29, 0.717) is 39.3 Å². The highest BCUT2D eigenvalue weighted by Crippen LogP contribution is 2.13. The van der Waals surface area contributed by atoms with E-state index in [-0.39, 0.29) is 35.8 Å². The molecule has 0 atom stereocenters. The Labute approximate surface area is 175 Å². The molecule has 1 amide bonds. The van der Waals surface area contributed by atoms with Gasteiger partial charge < -0.3 is 19.9 Å². The van der Waals surface area contributed by atoms with Gasteiger partial charge in [-0.3, -0.25) is 10.1 Å². The molecule has 1 aliphatic heterocycles. The summed E-state index contributed by atoms with van der Waals surface area (Å²) in [6.45, 7) is 7.84. The minimum atomic E-state index is -0.417. The summed E-state index contributed by atoms with van der Waals surface area (Å²) in [7, 11) is 0. The molecule has 1 heterocycles. The van der Waals surface area contributed by atoms with Crippen LogP contribution in [0.25, 0.3) is 0 Å². The maximum Gasteiger partial charge on any atom is 0.409 e. The number of nitro groups is 1. The number of hydrogen-bond acceptors (Lipinski definition) is 5.